The highest BCUT2D eigenvalue weighted by Gasteiger charge is 2.26. The summed E-state index contributed by atoms with van der Waals surface area (Å²) in [4.78, 5) is 3.97. The van der Waals surface area contributed by atoms with Crippen LogP contribution in [0.1, 0.15) is 19.3 Å². The van der Waals surface area contributed by atoms with E-state index >= 15 is 0 Å². The van der Waals surface area contributed by atoms with E-state index in [0.717, 1.165) is 18.5 Å². The SMILES string of the molecule is OC[C@@H]1CCC[C@@H]1Nc1ccncc1. The van der Waals surface area contributed by atoms with Crippen LogP contribution in [-0.2, 0) is 0 Å². The molecule has 1 aromatic rings. The molecule has 0 radical (unpaired) electrons. The molecule has 0 aliphatic heterocycles. The molecule has 0 unspecified atom stereocenters. The Morgan fingerprint density at radius 1 is 1.36 bits per heavy atom. The van der Waals surface area contributed by atoms with Crippen molar-refractivity contribution >= 4 is 5.69 Å². The number of rotatable bonds is 3. The second-order valence-electron chi connectivity index (χ2n) is 3.86. The third-order valence-electron chi connectivity index (χ3n) is 2.93. The third kappa shape index (κ3) is 2.04. The lowest BCUT2D eigenvalue weighted by Gasteiger charge is -2.19. The van der Waals surface area contributed by atoms with E-state index in [9.17, 15) is 0 Å². The lowest BCUT2D eigenvalue weighted by Crippen LogP contribution is -2.26. The Labute approximate surface area is 84.2 Å². The minimum absolute atomic E-state index is 0.294. The number of nitrogens with one attached hydrogen (secondary N) is 1. The van der Waals surface area contributed by atoms with Gasteiger partial charge in [-0.1, -0.05) is 6.42 Å². The average Bonchev–Trinajstić information content (AvgIpc) is 2.67. The number of hydrogen-bond donors (Lipinski definition) is 2. The van der Waals surface area contributed by atoms with E-state index in [1.807, 2.05) is 12.1 Å². The first-order valence-electron chi connectivity index (χ1n) is 5.17. The lowest BCUT2D eigenvalue weighted by atomic mass is 10.1. The molecule has 1 aromatic heterocycles. The van der Waals surface area contributed by atoms with Gasteiger partial charge in [0.1, 0.15) is 0 Å². The molecule has 1 aliphatic rings. The molecule has 0 aromatic carbocycles. The first-order chi connectivity index (χ1) is 6.90. The van der Waals surface area contributed by atoms with E-state index in [0.29, 0.717) is 18.6 Å². The number of aliphatic hydroxyl groups excluding tert-OH is 1. The third-order valence-corrected chi connectivity index (χ3v) is 2.93. The fourth-order valence-corrected chi connectivity index (χ4v) is 2.11. The molecule has 1 aliphatic carbocycles. The van der Waals surface area contributed by atoms with Crippen LogP contribution in [0.2, 0.25) is 0 Å². The van der Waals surface area contributed by atoms with E-state index in [1.165, 1.54) is 6.42 Å². The van der Waals surface area contributed by atoms with Crippen LogP contribution >= 0.6 is 0 Å². The highest BCUT2D eigenvalue weighted by atomic mass is 16.3. The number of aliphatic hydroxyl groups is 1. The summed E-state index contributed by atoms with van der Waals surface area (Å²) in [6.07, 6.45) is 7.08. The van der Waals surface area contributed by atoms with Crippen molar-refractivity contribution in [2.75, 3.05) is 11.9 Å². The number of aromatic nitrogens is 1. The number of nitrogens with zero attached hydrogens (tertiary/aromatic N) is 1. The van der Waals surface area contributed by atoms with Crippen LogP contribution in [0.15, 0.2) is 24.5 Å². The first-order valence-corrected chi connectivity index (χ1v) is 5.17. The molecule has 2 rings (SSSR count). The van der Waals surface area contributed by atoms with Gasteiger partial charge in [0.2, 0.25) is 0 Å². The van der Waals surface area contributed by atoms with Gasteiger partial charge >= 0.3 is 0 Å². The summed E-state index contributed by atoms with van der Waals surface area (Å²) in [6.45, 7) is 0.294. The minimum atomic E-state index is 0.294. The monoisotopic (exact) mass is 192 g/mol. The Hall–Kier alpha value is -1.09. The summed E-state index contributed by atoms with van der Waals surface area (Å²) >= 11 is 0. The van der Waals surface area contributed by atoms with Gasteiger partial charge in [0.05, 0.1) is 0 Å². The quantitative estimate of drug-likeness (QED) is 0.765. The van der Waals surface area contributed by atoms with Gasteiger partial charge in [0, 0.05) is 36.6 Å². The van der Waals surface area contributed by atoms with Crippen LogP contribution < -0.4 is 5.32 Å². The lowest BCUT2D eigenvalue weighted by molar-refractivity contribution is 0.222. The fraction of sp³-hybridized carbons (Fsp3) is 0.545. The van der Waals surface area contributed by atoms with E-state index in [4.69, 9.17) is 5.11 Å². The Bertz CT molecular complexity index is 276. The number of anilines is 1. The zero-order valence-electron chi connectivity index (χ0n) is 8.19. The zero-order valence-corrected chi connectivity index (χ0v) is 8.19. The van der Waals surface area contributed by atoms with Crippen molar-refractivity contribution < 1.29 is 5.11 Å². The zero-order chi connectivity index (χ0) is 9.80. The second-order valence-corrected chi connectivity index (χ2v) is 3.86. The van der Waals surface area contributed by atoms with Crippen molar-refractivity contribution in [3.05, 3.63) is 24.5 Å². The van der Waals surface area contributed by atoms with Gasteiger partial charge in [0.25, 0.3) is 0 Å². The summed E-state index contributed by atoms with van der Waals surface area (Å²) in [6, 6.07) is 4.36. The Balaban J connectivity index is 1.97. The molecule has 1 heterocycles. The van der Waals surface area contributed by atoms with Gasteiger partial charge in [-0.25, -0.2) is 0 Å². The first kappa shape index (κ1) is 9.46. The molecule has 0 bridgehead atoms. The maximum atomic E-state index is 9.16. The van der Waals surface area contributed by atoms with Crippen LogP contribution in [0.25, 0.3) is 0 Å². The smallest absolute Gasteiger partial charge is 0.0478 e. The summed E-state index contributed by atoms with van der Waals surface area (Å²) in [5, 5.41) is 12.6. The molecule has 3 heteroatoms. The standard InChI is InChI=1S/C11H16N2O/c14-8-9-2-1-3-11(9)13-10-4-6-12-7-5-10/h4-7,9,11,14H,1-3,8H2,(H,12,13)/t9-,11-/m0/s1. The molecular weight excluding hydrogens is 176 g/mol. The Kier molecular flexibility index (Phi) is 2.99. The summed E-state index contributed by atoms with van der Waals surface area (Å²) < 4.78 is 0. The molecule has 3 nitrogen and oxygen atoms in total. The van der Waals surface area contributed by atoms with Crippen molar-refractivity contribution in [2.45, 2.75) is 25.3 Å². The molecule has 2 atom stereocenters. The van der Waals surface area contributed by atoms with E-state index in [-0.39, 0.29) is 0 Å². The van der Waals surface area contributed by atoms with Gasteiger partial charge in [-0.05, 0) is 25.0 Å². The predicted molar refractivity (Wildman–Crippen MR) is 56.1 cm³/mol. The highest BCUT2D eigenvalue weighted by Crippen LogP contribution is 2.27. The van der Waals surface area contributed by atoms with Crippen molar-refractivity contribution in [3.8, 4) is 0 Å². The molecule has 2 N–H and O–H groups in total. The van der Waals surface area contributed by atoms with Crippen LogP contribution in [-0.4, -0.2) is 22.7 Å². The molecule has 0 saturated heterocycles. The predicted octanol–water partition coefficient (Wildman–Crippen LogP) is 1.65. The second kappa shape index (κ2) is 4.42. The van der Waals surface area contributed by atoms with E-state index in [1.54, 1.807) is 12.4 Å². The number of hydrogen-bond acceptors (Lipinski definition) is 3. The van der Waals surface area contributed by atoms with E-state index in [2.05, 4.69) is 10.3 Å². The summed E-state index contributed by atoms with van der Waals surface area (Å²) in [7, 11) is 0. The Morgan fingerprint density at radius 2 is 2.14 bits per heavy atom. The van der Waals surface area contributed by atoms with Gasteiger partial charge < -0.3 is 10.4 Å². The maximum Gasteiger partial charge on any atom is 0.0478 e. The molecule has 14 heavy (non-hydrogen) atoms. The highest BCUT2D eigenvalue weighted by molar-refractivity contribution is 5.42. The van der Waals surface area contributed by atoms with Gasteiger partial charge in [-0.2, -0.15) is 0 Å². The molecule has 0 amide bonds. The largest absolute Gasteiger partial charge is 0.396 e. The van der Waals surface area contributed by atoms with Crippen molar-refractivity contribution in [1.82, 2.24) is 4.98 Å². The molecular formula is C11H16N2O. The van der Waals surface area contributed by atoms with Crippen LogP contribution in [0.3, 0.4) is 0 Å². The normalized spacial score (nSPS) is 26.4. The van der Waals surface area contributed by atoms with Crippen molar-refractivity contribution in [2.24, 2.45) is 5.92 Å². The van der Waals surface area contributed by atoms with Crippen LogP contribution in [0.5, 0.6) is 0 Å². The van der Waals surface area contributed by atoms with Gasteiger partial charge in [-0.3, -0.25) is 4.98 Å². The molecule has 1 fully saturated rings. The Morgan fingerprint density at radius 3 is 2.86 bits per heavy atom. The van der Waals surface area contributed by atoms with Crippen LogP contribution in [0, 0.1) is 5.92 Å². The minimum Gasteiger partial charge on any atom is -0.396 e. The molecule has 1 saturated carbocycles. The van der Waals surface area contributed by atoms with Crippen molar-refractivity contribution in [1.29, 1.82) is 0 Å². The van der Waals surface area contributed by atoms with Gasteiger partial charge in [0.15, 0.2) is 0 Å². The van der Waals surface area contributed by atoms with E-state index < -0.39 is 0 Å². The maximum absolute atomic E-state index is 9.16. The van der Waals surface area contributed by atoms with Crippen molar-refractivity contribution in [3.63, 3.8) is 0 Å². The summed E-state index contributed by atoms with van der Waals surface area (Å²) in [5.41, 5.74) is 1.10. The van der Waals surface area contributed by atoms with Crippen LogP contribution in [0.4, 0.5) is 5.69 Å². The van der Waals surface area contributed by atoms with Gasteiger partial charge in [-0.15, -0.1) is 0 Å². The topological polar surface area (TPSA) is 45.1 Å². The fourth-order valence-electron chi connectivity index (χ4n) is 2.11. The number of pyridine rings is 1. The molecule has 76 valence electrons. The molecule has 0 spiro atoms. The average molecular weight is 192 g/mol. The summed E-state index contributed by atoms with van der Waals surface area (Å²) in [5.74, 6) is 0.420.